The average Bonchev–Trinajstić information content (AvgIpc) is 2.32. The number of hydrogen-bond acceptors (Lipinski definition) is 2. The van der Waals surface area contributed by atoms with E-state index in [0.29, 0.717) is 11.5 Å². The van der Waals surface area contributed by atoms with Gasteiger partial charge in [-0.15, -0.1) is 0 Å². The average molecular weight is 283 g/mol. The van der Waals surface area contributed by atoms with Crippen LogP contribution in [0.5, 0.6) is 0 Å². The van der Waals surface area contributed by atoms with Gasteiger partial charge in [-0.1, -0.05) is 27.7 Å². The van der Waals surface area contributed by atoms with Crippen LogP contribution >= 0.6 is 0 Å². The Kier molecular flexibility index (Phi) is 6.06. The van der Waals surface area contributed by atoms with Crippen LogP contribution in [0.1, 0.15) is 67.2 Å². The lowest BCUT2D eigenvalue weighted by Gasteiger charge is -2.38. The third kappa shape index (κ3) is 5.82. The van der Waals surface area contributed by atoms with Crippen molar-refractivity contribution < 1.29 is 9.53 Å². The molecule has 0 aromatic carbocycles. The summed E-state index contributed by atoms with van der Waals surface area (Å²) in [6.07, 6.45) is 4.95. The molecule has 1 aliphatic rings. The van der Waals surface area contributed by atoms with Crippen molar-refractivity contribution in [1.29, 1.82) is 0 Å². The van der Waals surface area contributed by atoms with E-state index in [1.165, 1.54) is 12.8 Å². The highest BCUT2D eigenvalue weighted by atomic mass is 16.5. The number of amides is 1. The lowest BCUT2D eigenvalue weighted by molar-refractivity contribution is -0.129. The van der Waals surface area contributed by atoms with Gasteiger partial charge in [0.2, 0.25) is 5.91 Å². The minimum Gasteiger partial charge on any atom is -0.378 e. The molecular weight excluding hydrogens is 250 g/mol. The first-order chi connectivity index (χ1) is 9.15. The first-order valence-corrected chi connectivity index (χ1v) is 8.02. The van der Waals surface area contributed by atoms with Crippen LogP contribution in [0.3, 0.4) is 0 Å². The van der Waals surface area contributed by atoms with Crippen molar-refractivity contribution >= 4 is 5.91 Å². The zero-order chi connectivity index (χ0) is 15.4. The van der Waals surface area contributed by atoms with Crippen LogP contribution in [0.2, 0.25) is 0 Å². The van der Waals surface area contributed by atoms with Crippen molar-refractivity contribution in [2.24, 2.45) is 10.8 Å². The maximum Gasteiger partial charge on any atom is 0.219 e. The number of ether oxygens (including phenoxy) is 1. The van der Waals surface area contributed by atoms with E-state index in [-0.39, 0.29) is 11.3 Å². The van der Waals surface area contributed by atoms with Gasteiger partial charge in [-0.2, -0.15) is 0 Å². The minimum atomic E-state index is 0.180. The number of carbonyl (C=O) groups excluding carboxylic acids is 1. The second-order valence-corrected chi connectivity index (χ2v) is 7.85. The Hall–Kier alpha value is -0.570. The predicted octanol–water partition coefficient (Wildman–Crippen LogP) is 3.87. The van der Waals surface area contributed by atoms with Gasteiger partial charge in [0, 0.05) is 20.0 Å². The van der Waals surface area contributed by atoms with Crippen LogP contribution < -0.4 is 0 Å². The topological polar surface area (TPSA) is 29.5 Å². The van der Waals surface area contributed by atoms with Crippen LogP contribution in [-0.2, 0) is 9.53 Å². The van der Waals surface area contributed by atoms with Crippen molar-refractivity contribution in [2.75, 3.05) is 19.7 Å². The lowest BCUT2D eigenvalue weighted by atomic mass is 9.78. The Labute approximate surface area is 125 Å². The minimum absolute atomic E-state index is 0.180. The molecule has 0 aromatic heterocycles. The summed E-state index contributed by atoms with van der Waals surface area (Å²) in [6, 6.07) is 0. The quantitative estimate of drug-likeness (QED) is 0.740. The summed E-state index contributed by atoms with van der Waals surface area (Å²) in [6.45, 7) is 15.4. The summed E-state index contributed by atoms with van der Waals surface area (Å²) in [7, 11) is 0. The molecule has 1 heterocycles. The molecule has 0 saturated carbocycles. The van der Waals surface area contributed by atoms with E-state index in [9.17, 15) is 4.79 Å². The number of hydrogen-bond donors (Lipinski definition) is 0. The smallest absolute Gasteiger partial charge is 0.219 e. The van der Waals surface area contributed by atoms with E-state index >= 15 is 0 Å². The molecular formula is C17H33NO2. The zero-order valence-electron chi connectivity index (χ0n) is 14.3. The summed E-state index contributed by atoms with van der Waals surface area (Å²) in [5.74, 6) is 0.180. The number of carbonyl (C=O) groups is 1. The molecule has 1 saturated heterocycles. The predicted molar refractivity (Wildman–Crippen MR) is 83.7 cm³/mol. The standard InChI is InChI=1S/C17H33NO2/c1-7-18(14(2)19)11-10-16(3,4)12-15-8-9-17(5,6)13-20-15/h15H,7-13H2,1-6H3. The van der Waals surface area contributed by atoms with E-state index in [1.54, 1.807) is 6.92 Å². The molecule has 0 aliphatic carbocycles. The van der Waals surface area contributed by atoms with E-state index in [0.717, 1.165) is 32.5 Å². The number of rotatable bonds is 6. The van der Waals surface area contributed by atoms with Gasteiger partial charge in [-0.05, 0) is 43.4 Å². The Balaban J connectivity index is 2.39. The second kappa shape index (κ2) is 6.93. The molecule has 1 amide bonds. The lowest BCUT2D eigenvalue weighted by Crippen LogP contribution is -2.36. The molecule has 3 nitrogen and oxygen atoms in total. The van der Waals surface area contributed by atoms with Crippen LogP contribution in [0, 0.1) is 10.8 Å². The van der Waals surface area contributed by atoms with Crippen molar-refractivity contribution in [2.45, 2.75) is 73.3 Å². The van der Waals surface area contributed by atoms with Crippen LogP contribution in [0.25, 0.3) is 0 Å². The summed E-state index contributed by atoms with van der Waals surface area (Å²) < 4.78 is 6.03. The molecule has 1 aliphatic heterocycles. The van der Waals surface area contributed by atoms with E-state index < -0.39 is 0 Å². The van der Waals surface area contributed by atoms with Gasteiger partial charge in [-0.25, -0.2) is 0 Å². The molecule has 0 N–H and O–H groups in total. The maximum atomic E-state index is 11.5. The molecule has 0 aromatic rings. The molecule has 1 rings (SSSR count). The fourth-order valence-corrected chi connectivity index (χ4v) is 2.91. The summed E-state index contributed by atoms with van der Waals surface area (Å²) in [5, 5.41) is 0. The molecule has 1 atom stereocenters. The van der Waals surface area contributed by atoms with E-state index in [1.807, 2.05) is 11.8 Å². The normalized spacial score (nSPS) is 22.6. The number of nitrogens with zero attached hydrogens (tertiary/aromatic N) is 1. The van der Waals surface area contributed by atoms with E-state index in [2.05, 4.69) is 27.7 Å². The Morgan fingerprint density at radius 1 is 1.40 bits per heavy atom. The third-order valence-electron chi connectivity index (χ3n) is 4.52. The second-order valence-electron chi connectivity index (χ2n) is 7.85. The van der Waals surface area contributed by atoms with Gasteiger partial charge in [0.05, 0.1) is 12.7 Å². The third-order valence-corrected chi connectivity index (χ3v) is 4.52. The highest BCUT2D eigenvalue weighted by Crippen LogP contribution is 2.36. The highest BCUT2D eigenvalue weighted by Gasteiger charge is 2.31. The summed E-state index contributed by atoms with van der Waals surface area (Å²) >= 11 is 0. The van der Waals surface area contributed by atoms with Gasteiger partial charge < -0.3 is 9.64 Å². The highest BCUT2D eigenvalue weighted by molar-refractivity contribution is 5.73. The zero-order valence-corrected chi connectivity index (χ0v) is 14.3. The molecule has 118 valence electrons. The molecule has 0 bridgehead atoms. The molecule has 3 heteroatoms. The van der Waals surface area contributed by atoms with Crippen LogP contribution in [-0.4, -0.2) is 36.6 Å². The van der Waals surface area contributed by atoms with Gasteiger partial charge in [0.15, 0.2) is 0 Å². The summed E-state index contributed by atoms with van der Waals surface area (Å²) in [5.41, 5.74) is 0.573. The molecule has 1 fully saturated rings. The van der Waals surface area contributed by atoms with Crippen LogP contribution in [0.15, 0.2) is 0 Å². The first-order valence-electron chi connectivity index (χ1n) is 8.02. The summed E-state index contributed by atoms with van der Waals surface area (Å²) in [4.78, 5) is 13.4. The Morgan fingerprint density at radius 3 is 2.50 bits per heavy atom. The van der Waals surface area contributed by atoms with Gasteiger partial charge >= 0.3 is 0 Å². The maximum absolute atomic E-state index is 11.5. The fraction of sp³-hybridized carbons (Fsp3) is 0.941. The Bertz CT molecular complexity index is 313. The molecule has 0 radical (unpaired) electrons. The van der Waals surface area contributed by atoms with Crippen molar-refractivity contribution in [3.8, 4) is 0 Å². The first kappa shape index (κ1) is 17.5. The van der Waals surface area contributed by atoms with Crippen molar-refractivity contribution in [3.05, 3.63) is 0 Å². The van der Waals surface area contributed by atoms with Gasteiger partial charge in [0.1, 0.15) is 0 Å². The van der Waals surface area contributed by atoms with Gasteiger partial charge in [-0.3, -0.25) is 4.79 Å². The fourth-order valence-electron chi connectivity index (χ4n) is 2.91. The molecule has 0 spiro atoms. The SMILES string of the molecule is CCN(CCC(C)(C)CC1CCC(C)(C)CO1)C(C)=O. The van der Waals surface area contributed by atoms with Gasteiger partial charge in [0.25, 0.3) is 0 Å². The van der Waals surface area contributed by atoms with E-state index in [4.69, 9.17) is 4.74 Å². The van der Waals surface area contributed by atoms with Crippen molar-refractivity contribution in [1.82, 2.24) is 4.90 Å². The molecule has 1 unspecified atom stereocenters. The largest absolute Gasteiger partial charge is 0.378 e. The Morgan fingerprint density at radius 2 is 2.05 bits per heavy atom. The monoisotopic (exact) mass is 283 g/mol. The van der Waals surface area contributed by atoms with Crippen molar-refractivity contribution in [3.63, 3.8) is 0 Å². The van der Waals surface area contributed by atoms with Crippen LogP contribution in [0.4, 0.5) is 0 Å². The molecule has 20 heavy (non-hydrogen) atoms.